The first-order valence-corrected chi connectivity index (χ1v) is 8.22. The molecule has 0 aromatic heterocycles. The van der Waals surface area contributed by atoms with Crippen LogP contribution in [-0.2, 0) is 0 Å². The summed E-state index contributed by atoms with van der Waals surface area (Å²) >= 11 is 7.34. The highest BCUT2D eigenvalue weighted by molar-refractivity contribution is 8.23. The van der Waals surface area contributed by atoms with E-state index in [1.165, 1.54) is 11.1 Å². The fourth-order valence-electron chi connectivity index (χ4n) is 2.77. The first-order chi connectivity index (χ1) is 10.2. The molecule has 0 bridgehead atoms. The zero-order valence-electron chi connectivity index (χ0n) is 12.1. The van der Waals surface area contributed by atoms with Gasteiger partial charge in [0, 0.05) is 7.05 Å². The average molecular weight is 314 g/mol. The van der Waals surface area contributed by atoms with E-state index in [2.05, 4.69) is 78.5 Å². The van der Waals surface area contributed by atoms with Gasteiger partial charge < -0.3 is 4.90 Å². The van der Waals surface area contributed by atoms with Crippen molar-refractivity contribution >= 4 is 28.3 Å². The van der Waals surface area contributed by atoms with Crippen molar-refractivity contribution in [2.45, 2.75) is 11.5 Å². The van der Waals surface area contributed by atoms with Gasteiger partial charge in [0.15, 0.2) is 0 Å². The van der Waals surface area contributed by atoms with Crippen LogP contribution in [0.15, 0.2) is 60.7 Å². The Hall–Kier alpha value is -1.36. The summed E-state index contributed by atoms with van der Waals surface area (Å²) < 4.78 is 0.941. The van der Waals surface area contributed by atoms with Gasteiger partial charge in [-0.05, 0) is 18.2 Å². The minimum absolute atomic E-state index is 0.171. The first-order valence-electron chi connectivity index (χ1n) is 6.94. The normalized spacial score (nSPS) is 23.3. The first kappa shape index (κ1) is 14.6. The van der Waals surface area contributed by atoms with Gasteiger partial charge in [0.2, 0.25) is 0 Å². The second kappa shape index (κ2) is 6.18. The van der Waals surface area contributed by atoms with E-state index in [0.717, 1.165) is 4.32 Å². The van der Waals surface area contributed by atoms with Gasteiger partial charge in [0.1, 0.15) is 10.5 Å². The molecule has 2 aromatic carbocycles. The van der Waals surface area contributed by atoms with Crippen LogP contribution in [0, 0.1) is 0 Å². The van der Waals surface area contributed by atoms with Gasteiger partial charge in [-0.2, -0.15) is 0 Å². The Kier molecular flexibility index (Phi) is 4.29. The molecule has 4 heteroatoms. The summed E-state index contributed by atoms with van der Waals surface area (Å²) in [5, 5.41) is 0.250. The molecular formula is C17H18N2S2. The van der Waals surface area contributed by atoms with Crippen molar-refractivity contribution in [2.75, 3.05) is 14.1 Å². The molecule has 1 saturated heterocycles. The largest absolute Gasteiger partial charge is 0.341 e. The summed E-state index contributed by atoms with van der Waals surface area (Å²) in [7, 11) is 4.24. The summed E-state index contributed by atoms with van der Waals surface area (Å²) in [4.78, 5) is 4.56. The van der Waals surface area contributed by atoms with E-state index in [-0.39, 0.29) is 11.5 Å². The predicted molar refractivity (Wildman–Crippen MR) is 94.1 cm³/mol. The maximum absolute atomic E-state index is 5.60. The molecular weight excluding hydrogens is 296 g/mol. The van der Waals surface area contributed by atoms with Crippen LogP contribution in [0.2, 0.25) is 0 Å². The maximum Gasteiger partial charge on any atom is 0.139 e. The van der Waals surface area contributed by atoms with E-state index in [1.807, 2.05) is 6.07 Å². The van der Waals surface area contributed by atoms with Gasteiger partial charge in [-0.15, -0.1) is 0 Å². The smallest absolute Gasteiger partial charge is 0.139 e. The van der Waals surface area contributed by atoms with Crippen LogP contribution < -0.4 is 0 Å². The van der Waals surface area contributed by atoms with Gasteiger partial charge >= 0.3 is 0 Å². The summed E-state index contributed by atoms with van der Waals surface area (Å²) in [5.41, 5.74) is 2.56. The quantitative estimate of drug-likeness (QED) is 0.763. The lowest BCUT2D eigenvalue weighted by molar-refractivity contribution is 0.122. The molecule has 21 heavy (non-hydrogen) atoms. The summed E-state index contributed by atoms with van der Waals surface area (Å²) in [6.45, 7) is 0. The Balaban J connectivity index is 1.98. The van der Waals surface area contributed by atoms with Gasteiger partial charge in [-0.1, -0.05) is 84.6 Å². The molecule has 1 heterocycles. The molecule has 0 saturated carbocycles. The van der Waals surface area contributed by atoms with E-state index < -0.39 is 0 Å². The minimum atomic E-state index is 0.171. The van der Waals surface area contributed by atoms with Crippen LogP contribution in [-0.4, -0.2) is 28.2 Å². The third-order valence-electron chi connectivity index (χ3n) is 3.81. The topological polar surface area (TPSA) is 6.48 Å². The van der Waals surface area contributed by atoms with Gasteiger partial charge in [0.05, 0.1) is 5.37 Å². The molecule has 3 rings (SSSR count). The monoisotopic (exact) mass is 314 g/mol. The molecule has 1 fully saturated rings. The molecule has 0 amide bonds. The Morgan fingerprint density at radius 3 is 1.95 bits per heavy atom. The number of thiocarbonyl (C=S) groups is 1. The standard InChI is InChI=1S/C17H18N2S2/c1-18-15(13-9-5-3-6-10-13)19(2)17(20)21-16(18)14-11-7-4-8-12-14/h3-12,15-16H,1-2H3/t15-,16+/m1/s1. The second-order valence-electron chi connectivity index (χ2n) is 5.21. The molecule has 2 nitrogen and oxygen atoms in total. The fourth-order valence-corrected chi connectivity index (χ4v) is 4.17. The Morgan fingerprint density at radius 2 is 1.38 bits per heavy atom. The van der Waals surface area contributed by atoms with Gasteiger partial charge in [-0.25, -0.2) is 0 Å². The van der Waals surface area contributed by atoms with Crippen LogP contribution in [0.4, 0.5) is 0 Å². The van der Waals surface area contributed by atoms with Crippen molar-refractivity contribution < 1.29 is 0 Å². The minimum Gasteiger partial charge on any atom is -0.341 e. The molecule has 1 aliphatic heterocycles. The highest BCUT2D eigenvalue weighted by Crippen LogP contribution is 2.44. The molecule has 0 unspecified atom stereocenters. The maximum atomic E-state index is 5.60. The van der Waals surface area contributed by atoms with Crippen LogP contribution in [0.5, 0.6) is 0 Å². The van der Waals surface area contributed by atoms with Crippen LogP contribution >= 0.6 is 24.0 Å². The highest BCUT2D eigenvalue weighted by atomic mass is 32.2. The number of nitrogens with zero attached hydrogens (tertiary/aromatic N) is 2. The lowest BCUT2D eigenvalue weighted by atomic mass is 10.1. The van der Waals surface area contributed by atoms with Gasteiger partial charge in [-0.3, -0.25) is 4.90 Å². The van der Waals surface area contributed by atoms with Crippen molar-refractivity contribution in [3.63, 3.8) is 0 Å². The number of rotatable bonds is 2. The van der Waals surface area contributed by atoms with E-state index in [9.17, 15) is 0 Å². The molecule has 0 spiro atoms. The lowest BCUT2D eigenvalue weighted by Crippen LogP contribution is -2.45. The third kappa shape index (κ3) is 2.84. The number of hydrogen-bond donors (Lipinski definition) is 0. The Morgan fingerprint density at radius 1 is 0.857 bits per heavy atom. The molecule has 108 valence electrons. The SMILES string of the molecule is CN1C(=S)S[C@@H](c2ccccc2)N(C)[C@H]1c1ccccc1. The average Bonchev–Trinajstić information content (AvgIpc) is 2.53. The van der Waals surface area contributed by atoms with Crippen LogP contribution in [0.3, 0.4) is 0 Å². The molecule has 1 aliphatic rings. The molecule has 0 radical (unpaired) electrons. The number of thioether (sulfide) groups is 1. The van der Waals surface area contributed by atoms with Crippen molar-refractivity contribution in [1.82, 2.24) is 9.80 Å². The van der Waals surface area contributed by atoms with E-state index in [0.29, 0.717) is 0 Å². The lowest BCUT2D eigenvalue weighted by Gasteiger charge is -2.46. The van der Waals surface area contributed by atoms with Gasteiger partial charge in [0.25, 0.3) is 0 Å². The third-order valence-corrected chi connectivity index (χ3v) is 5.70. The second-order valence-corrected chi connectivity index (χ2v) is 6.92. The van der Waals surface area contributed by atoms with Crippen LogP contribution in [0.1, 0.15) is 22.7 Å². The Bertz CT molecular complexity index is 615. The summed E-state index contributed by atoms with van der Waals surface area (Å²) in [6, 6.07) is 21.1. The van der Waals surface area contributed by atoms with E-state index >= 15 is 0 Å². The fraction of sp³-hybridized carbons (Fsp3) is 0.235. The number of hydrogen-bond acceptors (Lipinski definition) is 3. The zero-order chi connectivity index (χ0) is 14.8. The molecule has 0 N–H and O–H groups in total. The summed E-state index contributed by atoms with van der Waals surface area (Å²) in [5.74, 6) is 0. The summed E-state index contributed by atoms with van der Waals surface area (Å²) in [6.07, 6.45) is 0.171. The predicted octanol–water partition coefficient (Wildman–Crippen LogP) is 4.28. The van der Waals surface area contributed by atoms with Crippen LogP contribution in [0.25, 0.3) is 0 Å². The number of benzene rings is 2. The molecule has 2 aromatic rings. The van der Waals surface area contributed by atoms with Crippen molar-refractivity contribution in [1.29, 1.82) is 0 Å². The Labute approximate surface area is 135 Å². The van der Waals surface area contributed by atoms with Crippen molar-refractivity contribution in [3.8, 4) is 0 Å². The zero-order valence-corrected chi connectivity index (χ0v) is 13.8. The van der Waals surface area contributed by atoms with Crippen molar-refractivity contribution in [3.05, 3.63) is 71.8 Å². The molecule has 2 atom stereocenters. The van der Waals surface area contributed by atoms with Crippen molar-refractivity contribution in [2.24, 2.45) is 0 Å². The molecule has 0 aliphatic carbocycles. The van der Waals surface area contributed by atoms with E-state index in [1.54, 1.807) is 11.8 Å². The van der Waals surface area contributed by atoms with E-state index in [4.69, 9.17) is 12.2 Å². The highest BCUT2D eigenvalue weighted by Gasteiger charge is 2.36.